The minimum Gasteiger partial charge on any atom is -0.481 e. The highest BCUT2D eigenvalue weighted by molar-refractivity contribution is 5.94. The Hall–Kier alpha value is -1.99. The average Bonchev–Trinajstić information content (AvgIpc) is 2.95. The molecule has 8 heteroatoms. The van der Waals surface area contributed by atoms with Crippen LogP contribution in [-0.4, -0.2) is 45.7 Å². The maximum Gasteiger partial charge on any atom is 0.406 e. The maximum atomic E-state index is 13.1. The quantitative estimate of drug-likeness (QED) is 0.906. The van der Waals surface area contributed by atoms with E-state index in [-0.39, 0.29) is 12.2 Å². The Bertz CT molecular complexity index is 594. The molecule has 0 bridgehead atoms. The topological polar surface area (TPSA) is 62.5 Å². The number of aliphatic carboxylic acids is 1. The predicted octanol–water partition coefficient (Wildman–Crippen LogP) is 1.81. The molecule has 5 nitrogen and oxygen atoms in total. The Morgan fingerprint density at radius 3 is 2.33 bits per heavy atom. The van der Waals surface area contributed by atoms with Gasteiger partial charge in [0.15, 0.2) is 5.41 Å². The van der Waals surface area contributed by atoms with E-state index in [2.05, 4.69) is 0 Å². The lowest BCUT2D eigenvalue weighted by Crippen LogP contribution is -2.47. The first-order chi connectivity index (χ1) is 9.60. The molecule has 21 heavy (non-hydrogen) atoms. The molecule has 1 atom stereocenters. The van der Waals surface area contributed by atoms with E-state index < -0.39 is 36.4 Å². The zero-order valence-corrected chi connectivity index (χ0v) is 11.6. The van der Waals surface area contributed by atoms with Crippen molar-refractivity contribution in [2.75, 3.05) is 13.1 Å². The lowest BCUT2D eigenvalue weighted by Gasteiger charge is -2.27. The predicted molar refractivity (Wildman–Crippen MR) is 66.8 cm³/mol. The summed E-state index contributed by atoms with van der Waals surface area (Å²) in [6, 6.07) is 3.20. The monoisotopic (exact) mass is 304 g/mol. The molecule has 116 valence electrons. The highest BCUT2D eigenvalue weighted by Gasteiger charge is 2.64. The Kier molecular flexibility index (Phi) is 3.51. The second kappa shape index (κ2) is 4.78. The van der Waals surface area contributed by atoms with Crippen LogP contribution in [0.1, 0.15) is 22.6 Å². The fourth-order valence-electron chi connectivity index (χ4n) is 2.50. The third-order valence-corrected chi connectivity index (χ3v) is 4.10. The van der Waals surface area contributed by atoms with E-state index in [9.17, 15) is 22.8 Å². The number of rotatable bonds is 2. The summed E-state index contributed by atoms with van der Waals surface area (Å²) in [5, 5.41) is 8.97. The van der Waals surface area contributed by atoms with Crippen molar-refractivity contribution in [3.8, 4) is 0 Å². The lowest BCUT2D eigenvalue weighted by atomic mass is 9.86. The number of carbonyl (C=O) groups is 2. The van der Waals surface area contributed by atoms with Crippen molar-refractivity contribution in [3.05, 3.63) is 23.5 Å². The molecule has 1 N–H and O–H groups in total. The minimum atomic E-state index is -4.89. The highest BCUT2D eigenvalue weighted by atomic mass is 19.4. The van der Waals surface area contributed by atoms with Crippen molar-refractivity contribution in [3.63, 3.8) is 0 Å². The van der Waals surface area contributed by atoms with E-state index in [1.165, 1.54) is 6.07 Å². The number of likely N-dealkylation sites (tertiary alicyclic amines) is 1. The normalized spacial score (nSPS) is 22.6. The van der Waals surface area contributed by atoms with Crippen LogP contribution in [0.3, 0.4) is 0 Å². The lowest BCUT2D eigenvalue weighted by molar-refractivity contribution is -0.227. The van der Waals surface area contributed by atoms with E-state index in [1.54, 1.807) is 24.6 Å². The summed E-state index contributed by atoms with van der Waals surface area (Å²) in [4.78, 5) is 24.3. The number of amides is 1. The maximum absolute atomic E-state index is 13.1. The van der Waals surface area contributed by atoms with E-state index in [4.69, 9.17) is 5.11 Å². The van der Waals surface area contributed by atoms with Crippen LogP contribution in [0.2, 0.25) is 0 Å². The molecule has 0 aliphatic carbocycles. The van der Waals surface area contributed by atoms with E-state index in [1.807, 2.05) is 0 Å². The first-order valence-electron chi connectivity index (χ1n) is 6.32. The zero-order valence-electron chi connectivity index (χ0n) is 11.6. The molecule has 0 aromatic carbocycles. The number of aryl methyl sites for hydroxylation is 1. The van der Waals surface area contributed by atoms with E-state index in [0.29, 0.717) is 0 Å². The van der Waals surface area contributed by atoms with Crippen LogP contribution in [0.5, 0.6) is 0 Å². The number of aromatic nitrogens is 1. The van der Waals surface area contributed by atoms with Gasteiger partial charge in [0.05, 0.1) is 0 Å². The summed E-state index contributed by atoms with van der Waals surface area (Å²) in [6.07, 6.45) is -5.51. The van der Waals surface area contributed by atoms with Gasteiger partial charge in [0.2, 0.25) is 0 Å². The van der Waals surface area contributed by atoms with Gasteiger partial charge in [-0.05, 0) is 25.5 Å². The molecule has 1 aromatic rings. The number of carboxylic acid groups (broad SMARTS) is 1. The zero-order chi connectivity index (χ0) is 16.0. The first kappa shape index (κ1) is 15.4. The first-order valence-corrected chi connectivity index (χ1v) is 6.32. The number of alkyl halides is 3. The van der Waals surface area contributed by atoms with Crippen molar-refractivity contribution < 1.29 is 27.9 Å². The molecule has 1 saturated heterocycles. The highest BCUT2D eigenvalue weighted by Crippen LogP contribution is 2.45. The molecule has 1 aliphatic rings. The molecule has 1 fully saturated rings. The van der Waals surface area contributed by atoms with Crippen LogP contribution < -0.4 is 0 Å². The van der Waals surface area contributed by atoms with E-state index >= 15 is 0 Å². The molecular weight excluding hydrogens is 289 g/mol. The van der Waals surface area contributed by atoms with Crippen molar-refractivity contribution in [1.29, 1.82) is 0 Å². The molecule has 1 aliphatic heterocycles. The van der Waals surface area contributed by atoms with Gasteiger partial charge < -0.3 is 14.6 Å². The Balaban J connectivity index is 2.28. The summed E-state index contributed by atoms with van der Waals surface area (Å²) in [5.41, 5.74) is -1.84. The average molecular weight is 304 g/mol. The third-order valence-electron chi connectivity index (χ3n) is 4.10. The van der Waals surface area contributed by atoms with Gasteiger partial charge in [0.1, 0.15) is 5.69 Å². The van der Waals surface area contributed by atoms with Gasteiger partial charge >= 0.3 is 12.1 Å². The molecule has 0 saturated carbocycles. The van der Waals surface area contributed by atoms with Gasteiger partial charge in [-0.25, -0.2) is 0 Å². The van der Waals surface area contributed by atoms with E-state index in [0.717, 1.165) is 10.6 Å². The number of hydrogen-bond donors (Lipinski definition) is 1. The van der Waals surface area contributed by atoms with Crippen molar-refractivity contribution >= 4 is 11.9 Å². The van der Waals surface area contributed by atoms with Crippen molar-refractivity contribution in [2.24, 2.45) is 12.5 Å². The van der Waals surface area contributed by atoms with Gasteiger partial charge in [-0.2, -0.15) is 13.2 Å². The molecule has 1 amide bonds. The minimum absolute atomic E-state index is 0.227. The van der Waals surface area contributed by atoms with Crippen molar-refractivity contribution in [1.82, 2.24) is 9.47 Å². The van der Waals surface area contributed by atoms with Crippen LogP contribution in [0.25, 0.3) is 0 Å². The molecule has 0 radical (unpaired) electrons. The van der Waals surface area contributed by atoms with Crippen LogP contribution >= 0.6 is 0 Å². The Morgan fingerprint density at radius 2 is 1.95 bits per heavy atom. The Labute approximate surface area is 119 Å². The fourth-order valence-corrected chi connectivity index (χ4v) is 2.50. The number of nitrogens with zero attached hydrogens (tertiary/aromatic N) is 2. The fraction of sp³-hybridized carbons (Fsp3) is 0.538. The summed E-state index contributed by atoms with van der Waals surface area (Å²) < 4.78 is 40.8. The molecule has 0 spiro atoms. The third kappa shape index (κ3) is 2.28. The summed E-state index contributed by atoms with van der Waals surface area (Å²) in [5.74, 6) is -2.52. The van der Waals surface area contributed by atoms with Crippen LogP contribution in [0.4, 0.5) is 13.2 Å². The SMILES string of the molecule is Cc1ccc(C(=O)N2CC[C@](C(=O)O)(C(F)(F)F)C2)n1C. The van der Waals surface area contributed by atoms with Crippen LogP contribution in [0, 0.1) is 12.3 Å². The number of carboxylic acids is 1. The van der Waals surface area contributed by atoms with Gasteiger partial charge in [0.25, 0.3) is 5.91 Å². The van der Waals surface area contributed by atoms with Gasteiger partial charge in [0, 0.05) is 25.8 Å². The number of halogens is 3. The number of hydrogen-bond acceptors (Lipinski definition) is 2. The molecule has 2 rings (SSSR count). The summed E-state index contributed by atoms with van der Waals surface area (Å²) >= 11 is 0. The number of carbonyl (C=O) groups excluding carboxylic acids is 1. The standard InChI is InChI=1S/C13H15F3N2O3/c1-8-3-4-9(17(8)2)10(19)18-6-5-12(7-18,11(20)21)13(14,15)16/h3-4H,5-7H2,1-2H3,(H,20,21)/t12-/m0/s1. The molecular formula is C13H15F3N2O3. The van der Waals surface area contributed by atoms with Crippen LogP contribution in [0.15, 0.2) is 12.1 Å². The van der Waals surface area contributed by atoms with Gasteiger partial charge in [-0.15, -0.1) is 0 Å². The molecule has 0 unspecified atom stereocenters. The molecule has 2 heterocycles. The summed E-state index contributed by atoms with van der Waals surface area (Å²) in [7, 11) is 1.63. The largest absolute Gasteiger partial charge is 0.481 e. The second-order valence-electron chi connectivity index (χ2n) is 5.28. The van der Waals surface area contributed by atoms with Crippen LogP contribution in [-0.2, 0) is 11.8 Å². The Morgan fingerprint density at radius 1 is 1.33 bits per heavy atom. The molecule has 1 aromatic heterocycles. The van der Waals surface area contributed by atoms with Crippen molar-refractivity contribution in [2.45, 2.75) is 19.5 Å². The van der Waals surface area contributed by atoms with Gasteiger partial charge in [-0.3, -0.25) is 9.59 Å². The smallest absolute Gasteiger partial charge is 0.406 e. The summed E-state index contributed by atoms with van der Waals surface area (Å²) in [6.45, 7) is 0.682. The second-order valence-corrected chi connectivity index (χ2v) is 5.28. The van der Waals surface area contributed by atoms with Gasteiger partial charge in [-0.1, -0.05) is 0 Å².